The molecule has 1 aromatic carbocycles. The SMILES string of the molecule is O=C1CC(CCl)CN1c1cc(Cl)c(Br)cc1F. The number of hydrogen-bond acceptors (Lipinski definition) is 1. The van der Waals surface area contributed by atoms with E-state index in [1.807, 2.05) is 0 Å². The molecular formula is C11H9BrCl2FNO. The minimum atomic E-state index is -0.468. The number of benzene rings is 1. The largest absolute Gasteiger partial charge is 0.309 e. The highest BCUT2D eigenvalue weighted by Crippen LogP contribution is 2.33. The predicted molar refractivity (Wildman–Crippen MR) is 70.3 cm³/mol. The second-order valence-electron chi connectivity index (χ2n) is 3.95. The zero-order valence-corrected chi connectivity index (χ0v) is 11.8. The topological polar surface area (TPSA) is 20.3 Å². The normalized spacial score (nSPS) is 20.1. The summed E-state index contributed by atoms with van der Waals surface area (Å²) in [5.74, 6) is -0.113. The Bertz CT molecular complexity index is 469. The van der Waals surface area contributed by atoms with E-state index in [-0.39, 0.29) is 17.5 Å². The third kappa shape index (κ3) is 2.59. The van der Waals surface area contributed by atoms with Gasteiger partial charge in [0.2, 0.25) is 5.91 Å². The molecule has 0 bridgehead atoms. The highest BCUT2D eigenvalue weighted by Gasteiger charge is 2.31. The van der Waals surface area contributed by atoms with Gasteiger partial charge in [-0.25, -0.2) is 4.39 Å². The van der Waals surface area contributed by atoms with Crippen LogP contribution in [0.4, 0.5) is 10.1 Å². The zero-order chi connectivity index (χ0) is 12.6. The van der Waals surface area contributed by atoms with Gasteiger partial charge in [-0.2, -0.15) is 0 Å². The predicted octanol–water partition coefficient (Wildman–Crippen LogP) is 3.83. The second-order valence-corrected chi connectivity index (χ2v) is 5.52. The molecule has 1 heterocycles. The molecule has 1 aliphatic rings. The summed E-state index contributed by atoms with van der Waals surface area (Å²) in [7, 11) is 0. The first kappa shape index (κ1) is 13.1. The average molecular weight is 341 g/mol. The molecule has 2 rings (SSSR count). The quantitative estimate of drug-likeness (QED) is 0.591. The Morgan fingerprint density at radius 2 is 2.24 bits per heavy atom. The van der Waals surface area contributed by atoms with E-state index in [2.05, 4.69) is 15.9 Å². The summed E-state index contributed by atoms with van der Waals surface area (Å²) >= 11 is 14.8. The summed E-state index contributed by atoms with van der Waals surface area (Å²) in [5, 5.41) is 0.378. The molecule has 1 unspecified atom stereocenters. The summed E-state index contributed by atoms with van der Waals surface area (Å²) in [4.78, 5) is 13.1. The molecule has 6 heteroatoms. The molecule has 2 nitrogen and oxygen atoms in total. The molecule has 1 fully saturated rings. The van der Waals surface area contributed by atoms with E-state index < -0.39 is 5.82 Å². The molecular weight excluding hydrogens is 332 g/mol. The van der Waals surface area contributed by atoms with Gasteiger partial charge in [-0.1, -0.05) is 11.6 Å². The lowest BCUT2D eigenvalue weighted by Crippen LogP contribution is -2.25. The maximum absolute atomic E-state index is 13.8. The molecule has 0 N–H and O–H groups in total. The smallest absolute Gasteiger partial charge is 0.227 e. The summed E-state index contributed by atoms with van der Waals surface area (Å²) in [5.41, 5.74) is 0.218. The van der Waals surface area contributed by atoms with Gasteiger partial charge < -0.3 is 4.90 Å². The minimum absolute atomic E-state index is 0.0750. The Morgan fingerprint density at radius 1 is 1.53 bits per heavy atom. The Balaban J connectivity index is 2.35. The number of carbonyl (C=O) groups excluding carboxylic acids is 1. The number of anilines is 1. The highest BCUT2D eigenvalue weighted by molar-refractivity contribution is 9.10. The lowest BCUT2D eigenvalue weighted by atomic mass is 10.1. The van der Waals surface area contributed by atoms with Crippen LogP contribution >= 0.6 is 39.1 Å². The van der Waals surface area contributed by atoms with Crippen LogP contribution in [0.15, 0.2) is 16.6 Å². The van der Waals surface area contributed by atoms with Gasteiger partial charge in [0.1, 0.15) is 5.82 Å². The van der Waals surface area contributed by atoms with E-state index in [1.165, 1.54) is 17.0 Å². The van der Waals surface area contributed by atoms with Crippen molar-refractivity contribution in [2.75, 3.05) is 17.3 Å². The van der Waals surface area contributed by atoms with Gasteiger partial charge in [0.15, 0.2) is 0 Å². The number of alkyl halides is 1. The van der Waals surface area contributed by atoms with Crippen molar-refractivity contribution in [1.82, 2.24) is 0 Å². The maximum Gasteiger partial charge on any atom is 0.227 e. The van der Waals surface area contributed by atoms with Crippen LogP contribution in [0.25, 0.3) is 0 Å². The number of carbonyl (C=O) groups is 1. The van der Waals surface area contributed by atoms with E-state index in [9.17, 15) is 9.18 Å². The first-order chi connectivity index (χ1) is 8.02. The number of nitrogens with zero attached hydrogens (tertiary/aromatic N) is 1. The minimum Gasteiger partial charge on any atom is -0.309 e. The fraction of sp³-hybridized carbons (Fsp3) is 0.364. The van der Waals surface area contributed by atoms with Crippen molar-refractivity contribution in [3.05, 3.63) is 27.4 Å². The monoisotopic (exact) mass is 339 g/mol. The van der Waals surface area contributed by atoms with E-state index in [0.717, 1.165) is 0 Å². The van der Waals surface area contributed by atoms with E-state index in [0.29, 0.717) is 28.3 Å². The first-order valence-electron chi connectivity index (χ1n) is 5.03. The Hall–Kier alpha value is -0.320. The number of rotatable bonds is 2. The Morgan fingerprint density at radius 3 is 2.82 bits per heavy atom. The molecule has 1 aliphatic heterocycles. The fourth-order valence-corrected chi connectivity index (χ4v) is 2.52. The van der Waals surface area contributed by atoms with Gasteiger partial charge in [0, 0.05) is 23.3 Å². The number of amides is 1. The van der Waals surface area contributed by atoms with Crippen LogP contribution in [0.5, 0.6) is 0 Å². The van der Waals surface area contributed by atoms with E-state index in [1.54, 1.807) is 0 Å². The van der Waals surface area contributed by atoms with Crippen molar-refractivity contribution in [3.8, 4) is 0 Å². The van der Waals surface area contributed by atoms with Crippen molar-refractivity contribution in [2.24, 2.45) is 5.92 Å². The molecule has 0 spiro atoms. The average Bonchev–Trinajstić information content (AvgIpc) is 2.65. The van der Waals surface area contributed by atoms with Crippen LogP contribution in [0.2, 0.25) is 5.02 Å². The Kier molecular flexibility index (Phi) is 3.95. The van der Waals surface area contributed by atoms with Crippen molar-refractivity contribution in [2.45, 2.75) is 6.42 Å². The molecule has 1 aromatic rings. The molecule has 0 saturated carbocycles. The van der Waals surface area contributed by atoms with Crippen LogP contribution in [0.1, 0.15) is 6.42 Å². The van der Waals surface area contributed by atoms with Crippen LogP contribution in [-0.4, -0.2) is 18.3 Å². The summed E-state index contributed by atoms with van der Waals surface area (Å²) in [6, 6.07) is 2.72. The Labute approximate surface area is 117 Å². The van der Waals surface area contributed by atoms with Gasteiger partial charge in [0.05, 0.1) is 10.7 Å². The highest BCUT2D eigenvalue weighted by atomic mass is 79.9. The van der Waals surface area contributed by atoms with Gasteiger partial charge in [-0.3, -0.25) is 4.79 Å². The van der Waals surface area contributed by atoms with Gasteiger partial charge >= 0.3 is 0 Å². The van der Waals surface area contributed by atoms with Crippen molar-refractivity contribution in [3.63, 3.8) is 0 Å². The fourth-order valence-electron chi connectivity index (χ4n) is 1.84. The maximum atomic E-state index is 13.8. The van der Waals surface area contributed by atoms with Crippen LogP contribution in [0, 0.1) is 11.7 Å². The van der Waals surface area contributed by atoms with Gasteiger partial charge in [-0.15, -0.1) is 11.6 Å². The molecule has 1 saturated heterocycles. The third-order valence-electron chi connectivity index (χ3n) is 2.70. The molecule has 1 atom stereocenters. The molecule has 92 valence electrons. The summed E-state index contributed by atoms with van der Waals surface area (Å²) in [6.07, 6.45) is 0.358. The standard InChI is InChI=1S/C11H9BrCl2FNO/c12-7-2-9(15)10(3-8(7)14)16-5-6(4-13)1-11(16)17/h2-3,6H,1,4-5H2. The molecule has 0 aromatic heterocycles. The first-order valence-corrected chi connectivity index (χ1v) is 6.74. The zero-order valence-electron chi connectivity index (χ0n) is 8.72. The van der Waals surface area contributed by atoms with E-state index in [4.69, 9.17) is 23.2 Å². The van der Waals surface area contributed by atoms with Gasteiger partial charge in [-0.05, 0) is 34.0 Å². The molecule has 0 radical (unpaired) electrons. The molecule has 0 aliphatic carbocycles. The second kappa shape index (κ2) is 5.12. The van der Waals surface area contributed by atoms with Crippen LogP contribution in [-0.2, 0) is 4.79 Å². The van der Waals surface area contributed by atoms with Crippen LogP contribution in [0.3, 0.4) is 0 Å². The van der Waals surface area contributed by atoms with Crippen molar-refractivity contribution >= 4 is 50.7 Å². The van der Waals surface area contributed by atoms with Crippen LogP contribution < -0.4 is 4.90 Å². The molecule has 1 amide bonds. The number of halogens is 4. The lowest BCUT2D eigenvalue weighted by Gasteiger charge is -2.17. The number of hydrogen-bond donors (Lipinski definition) is 0. The van der Waals surface area contributed by atoms with Crippen molar-refractivity contribution in [1.29, 1.82) is 0 Å². The third-order valence-corrected chi connectivity index (χ3v) is 4.34. The van der Waals surface area contributed by atoms with Crippen molar-refractivity contribution < 1.29 is 9.18 Å². The summed E-state index contributed by atoms with van der Waals surface area (Å²) in [6.45, 7) is 0.442. The van der Waals surface area contributed by atoms with E-state index >= 15 is 0 Å². The summed E-state index contributed by atoms with van der Waals surface area (Å²) < 4.78 is 14.2. The van der Waals surface area contributed by atoms with Gasteiger partial charge in [0.25, 0.3) is 0 Å². The lowest BCUT2D eigenvalue weighted by molar-refractivity contribution is -0.117. The molecule has 17 heavy (non-hydrogen) atoms.